The number of carbonyl (C=O) groups is 1. The number of nitrogens with zero attached hydrogens (tertiary/aromatic N) is 1. The van der Waals surface area contributed by atoms with E-state index in [2.05, 4.69) is 4.85 Å². The number of hydrogen-bond acceptors (Lipinski definition) is 3. The molecule has 0 aliphatic heterocycles. The van der Waals surface area contributed by atoms with Gasteiger partial charge < -0.3 is 9.84 Å². The lowest BCUT2D eigenvalue weighted by molar-refractivity contribution is 0.0697. The first-order chi connectivity index (χ1) is 10.8. The number of aromatic carboxylic acids is 1. The molecule has 1 aromatic carbocycles. The Labute approximate surface area is 135 Å². The molecule has 120 valence electrons. The number of carboxylic acid groups (broad SMARTS) is 1. The van der Waals surface area contributed by atoms with Crippen LogP contribution in [0.25, 0.3) is 15.3 Å². The molecular formula is C16H13F2NO3S. The third-order valence-corrected chi connectivity index (χ3v) is 4.02. The van der Waals surface area contributed by atoms with E-state index in [1.165, 1.54) is 6.07 Å². The van der Waals surface area contributed by atoms with Crippen molar-refractivity contribution in [2.24, 2.45) is 5.92 Å². The lowest BCUT2D eigenvalue weighted by Crippen LogP contribution is -2.05. The van der Waals surface area contributed by atoms with Crippen LogP contribution in [0.4, 0.5) is 14.5 Å². The molecular weight excluding hydrogens is 324 g/mol. The largest absolute Gasteiger partial charge is 0.501 e. The van der Waals surface area contributed by atoms with Crippen LogP contribution in [0.5, 0.6) is 5.75 Å². The molecule has 7 heteroatoms. The summed E-state index contributed by atoms with van der Waals surface area (Å²) < 4.78 is 33.1. The Morgan fingerprint density at radius 3 is 2.57 bits per heavy atom. The van der Waals surface area contributed by atoms with Gasteiger partial charge in [-0.15, -0.1) is 11.3 Å². The second-order valence-corrected chi connectivity index (χ2v) is 6.27. The maximum absolute atomic E-state index is 14.2. The summed E-state index contributed by atoms with van der Waals surface area (Å²) >= 11 is 0.688. The Hall–Kier alpha value is -2.46. The molecule has 1 aromatic heterocycles. The zero-order valence-electron chi connectivity index (χ0n) is 12.4. The maximum Gasteiger partial charge on any atom is 0.348 e. The van der Waals surface area contributed by atoms with Crippen LogP contribution >= 0.6 is 11.3 Å². The lowest BCUT2D eigenvalue weighted by atomic mass is 10.1. The van der Waals surface area contributed by atoms with Crippen LogP contribution in [-0.2, 0) is 0 Å². The number of thiophene rings is 1. The Kier molecular flexibility index (Phi) is 4.96. The molecule has 23 heavy (non-hydrogen) atoms. The molecule has 2 aromatic rings. The smallest absolute Gasteiger partial charge is 0.348 e. The summed E-state index contributed by atoms with van der Waals surface area (Å²) in [6.07, 6.45) is 0. The first-order valence-electron chi connectivity index (χ1n) is 6.70. The minimum Gasteiger partial charge on any atom is -0.501 e. The fraction of sp³-hybridized carbons (Fsp3) is 0.250. The predicted octanol–water partition coefficient (Wildman–Crippen LogP) is 4.98. The summed E-state index contributed by atoms with van der Waals surface area (Å²) in [5.41, 5.74) is 0.202. The molecule has 0 saturated carbocycles. The first-order valence-corrected chi connectivity index (χ1v) is 7.52. The molecule has 0 atom stereocenters. The van der Waals surface area contributed by atoms with Crippen molar-refractivity contribution in [2.75, 3.05) is 6.61 Å². The highest BCUT2D eigenvalue weighted by Gasteiger charge is 2.19. The van der Waals surface area contributed by atoms with Crippen molar-refractivity contribution in [2.45, 2.75) is 13.8 Å². The molecule has 0 radical (unpaired) electrons. The molecule has 0 unspecified atom stereocenters. The molecule has 2 rings (SSSR count). The van der Waals surface area contributed by atoms with Gasteiger partial charge in [-0.25, -0.2) is 18.4 Å². The van der Waals surface area contributed by atoms with Crippen molar-refractivity contribution in [3.63, 3.8) is 0 Å². The van der Waals surface area contributed by atoms with Crippen LogP contribution in [0.15, 0.2) is 18.2 Å². The SMILES string of the molecule is [C-]#[N+]c1cc(-c2cc(F)c(C(=O)O)s2)cc(F)c1OCC(C)C. The molecule has 0 fully saturated rings. The molecule has 1 heterocycles. The molecule has 0 saturated heterocycles. The summed E-state index contributed by atoms with van der Waals surface area (Å²) in [7, 11) is 0. The summed E-state index contributed by atoms with van der Waals surface area (Å²) in [5, 5.41) is 8.88. The van der Waals surface area contributed by atoms with Crippen LogP contribution in [0.3, 0.4) is 0 Å². The number of carboxylic acids is 1. The number of benzene rings is 1. The Morgan fingerprint density at radius 1 is 1.35 bits per heavy atom. The second-order valence-electron chi connectivity index (χ2n) is 5.22. The van der Waals surface area contributed by atoms with Gasteiger partial charge >= 0.3 is 5.97 Å². The molecule has 0 aliphatic carbocycles. The van der Waals surface area contributed by atoms with Gasteiger partial charge in [-0.05, 0) is 29.7 Å². The fourth-order valence-corrected chi connectivity index (χ4v) is 2.72. The van der Waals surface area contributed by atoms with Crippen LogP contribution in [0.2, 0.25) is 0 Å². The van der Waals surface area contributed by atoms with E-state index in [0.717, 1.165) is 12.1 Å². The van der Waals surface area contributed by atoms with Crippen LogP contribution in [0, 0.1) is 24.1 Å². The normalized spacial score (nSPS) is 10.6. The zero-order valence-corrected chi connectivity index (χ0v) is 13.2. The van der Waals surface area contributed by atoms with Crippen molar-refractivity contribution in [1.29, 1.82) is 0 Å². The van der Waals surface area contributed by atoms with Crippen molar-refractivity contribution >= 4 is 23.0 Å². The quantitative estimate of drug-likeness (QED) is 0.783. The zero-order chi connectivity index (χ0) is 17.1. The molecule has 0 spiro atoms. The molecule has 0 amide bonds. The van der Waals surface area contributed by atoms with Gasteiger partial charge in [0.05, 0.1) is 13.2 Å². The average molecular weight is 337 g/mol. The topological polar surface area (TPSA) is 50.9 Å². The van der Waals surface area contributed by atoms with Gasteiger partial charge in [0.15, 0.2) is 11.6 Å². The van der Waals surface area contributed by atoms with Crippen LogP contribution in [0.1, 0.15) is 23.5 Å². The second kappa shape index (κ2) is 6.75. The number of halogens is 2. The summed E-state index contributed by atoms with van der Waals surface area (Å²) in [4.78, 5) is 13.9. The van der Waals surface area contributed by atoms with Crippen LogP contribution in [-0.4, -0.2) is 17.7 Å². The molecule has 0 aliphatic rings. The molecule has 1 N–H and O–H groups in total. The molecule has 0 bridgehead atoms. The third kappa shape index (κ3) is 3.66. The Morgan fingerprint density at radius 2 is 2.04 bits per heavy atom. The van der Waals surface area contributed by atoms with E-state index in [0.29, 0.717) is 11.3 Å². The highest BCUT2D eigenvalue weighted by molar-refractivity contribution is 7.17. The van der Waals surface area contributed by atoms with Crippen molar-refractivity contribution in [3.05, 3.63) is 46.1 Å². The van der Waals surface area contributed by atoms with E-state index < -0.39 is 22.5 Å². The summed E-state index contributed by atoms with van der Waals surface area (Å²) in [6, 6.07) is 3.50. The van der Waals surface area contributed by atoms with Gasteiger partial charge in [0.1, 0.15) is 10.7 Å². The van der Waals surface area contributed by atoms with Gasteiger partial charge in [-0.1, -0.05) is 13.8 Å². The third-order valence-electron chi connectivity index (χ3n) is 2.87. The standard InChI is InChI=1S/C16H13F2NO3S/c1-8(2)7-22-14-10(17)4-9(5-12(14)19-3)13-6-11(18)15(23-13)16(20)21/h4-6,8H,7H2,1-2H3,(H,20,21). The van der Waals surface area contributed by atoms with Gasteiger partial charge in [0.25, 0.3) is 0 Å². The van der Waals surface area contributed by atoms with Gasteiger partial charge in [0, 0.05) is 4.88 Å². The molecule has 4 nitrogen and oxygen atoms in total. The van der Waals surface area contributed by atoms with Gasteiger partial charge in [0.2, 0.25) is 5.69 Å². The van der Waals surface area contributed by atoms with E-state index >= 15 is 0 Å². The van der Waals surface area contributed by atoms with Gasteiger partial charge in [-0.2, -0.15) is 0 Å². The Balaban J connectivity index is 2.46. The minimum absolute atomic E-state index is 0.0358. The van der Waals surface area contributed by atoms with Gasteiger partial charge in [-0.3, -0.25) is 0 Å². The fourth-order valence-electron chi connectivity index (χ4n) is 1.85. The van der Waals surface area contributed by atoms with E-state index in [9.17, 15) is 13.6 Å². The van der Waals surface area contributed by atoms with E-state index in [1.54, 1.807) is 0 Å². The number of ether oxygens (including phenoxy) is 1. The highest BCUT2D eigenvalue weighted by atomic mass is 32.1. The van der Waals surface area contributed by atoms with Crippen LogP contribution < -0.4 is 4.74 Å². The first kappa shape index (κ1) is 16.9. The number of hydrogen-bond donors (Lipinski definition) is 1. The predicted molar refractivity (Wildman–Crippen MR) is 83.2 cm³/mol. The average Bonchev–Trinajstić information content (AvgIpc) is 2.87. The van der Waals surface area contributed by atoms with Crippen molar-refractivity contribution in [3.8, 4) is 16.2 Å². The van der Waals surface area contributed by atoms with Crippen molar-refractivity contribution < 1.29 is 23.4 Å². The summed E-state index contributed by atoms with van der Waals surface area (Å²) in [5.74, 6) is -2.99. The highest BCUT2D eigenvalue weighted by Crippen LogP contribution is 2.39. The Bertz CT molecular complexity index is 793. The number of rotatable bonds is 5. The minimum atomic E-state index is -1.39. The monoisotopic (exact) mass is 337 g/mol. The maximum atomic E-state index is 14.2. The van der Waals surface area contributed by atoms with E-state index in [-0.39, 0.29) is 34.4 Å². The summed E-state index contributed by atoms with van der Waals surface area (Å²) in [6.45, 7) is 11.2. The lowest BCUT2D eigenvalue weighted by Gasteiger charge is -2.12. The van der Waals surface area contributed by atoms with Crippen molar-refractivity contribution in [1.82, 2.24) is 0 Å². The van der Waals surface area contributed by atoms with E-state index in [1.807, 2.05) is 13.8 Å². The van der Waals surface area contributed by atoms with E-state index in [4.69, 9.17) is 16.4 Å².